The van der Waals surface area contributed by atoms with Gasteiger partial charge in [0.05, 0.1) is 12.8 Å². The van der Waals surface area contributed by atoms with Gasteiger partial charge in [0.15, 0.2) is 5.75 Å². The minimum absolute atomic E-state index is 0.00231. The number of hydrogen-bond acceptors (Lipinski definition) is 3. The number of nitrogen functional groups attached to an aromatic ring is 1. The van der Waals surface area contributed by atoms with Gasteiger partial charge in [0.2, 0.25) is 0 Å². The summed E-state index contributed by atoms with van der Waals surface area (Å²) < 4.78 is 17.1. The molecule has 0 amide bonds. The minimum Gasteiger partial charge on any atom is -0.490 e. The number of anilines is 1. The lowest BCUT2D eigenvalue weighted by Crippen LogP contribution is -1.96. The Morgan fingerprint density at radius 1 is 1.70 bits per heavy atom. The van der Waals surface area contributed by atoms with E-state index in [2.05, 4.69) is 9.72 Å². The van der Waals surface area contributed by atoms with Gasteiger partial charge in [-0.05, 0) is 6.07 Å². The molecule has 1 rings (SSSR count). The van der Waals surface area contributed by atoms with Crippen LogP contribution in [0.25, 0.3) is 0 Å². The highest BCUT2D eigenvalue weighted by atomic mass is 19.1. The first-order valence-corrected chi connectivity index (χ1v) is 2.69. The Bertz CT molecular complexity index is 219. The van der Waals surface area contributed by atoms with Crippen LogP contribution in [0.1, 0.15) is 0 Å². The Hall–Kier alpha value is -1.32. The van der Waals surface area contributed by atoms with Gasteiger partial charge >= 0.3 is 0 Å². The first-order valence-electron chi connectivity index (χ1n) is 2.69. The number of aromatic nitrogens is 1. The third-order valence-corrected chi connectivity index (χ3v) is 1.10. The van der Waals surface area contributed by atoms with E-state index in [-0.39, 0.29) is 11.4 Å². The van der Waals surface area contributed by atoms with Crippen molar-refractivity contribution < 1.29 is 9.13 Å². The van der Waals surface area contributed by atoms with Crippen LogP contribution in [0.15, 0.2) is 12.3 Å². The van der Waals surface area contributed by atoms with E-state index in [0.29, 0.717) is 0 Å². The molecule has 54 valence electrons. The van der Waals surface area contributed by atoms with Crippen molar-refractivity contribution in [3.05, 3.63) is 18.2 Å². The molecule has 0 saturated heterocycles. The van der Waals surface area contributed by atoms with Gasteiger partial charge in [0.1, 0.15) is 0 Å². The van der Waals surface area contributed by atoms with Crippen molar-refractivity contribution in [3.8, 4) is 5.75 Å². The molecule has 10 heavy (non-hydrogen) atoms. The average molecular weight is 142 g/mol. The molecule has 0 saturated carbocycles. The molecule has 0 aliphatic rings. The average Bonchev–Trinajstić information content (AvgIpc) is 1.88. The maximum Gasteiger partial charge on any atom is 0.257 e. The zero-order valence-corrected chi connectivity index (χ0v) is 5.47. The summed E-state index contributed by atoms with van der Waals surface area (Å²) in [5, 5.41) is 0. The van der Waals surface area contributed by atoms with Crippen LogP contribution < -0.4 is 10.5 Å². The van der Waals surface area contributed by atoms with E-state index >= 15 is 0 Å². The number of rotatable bonds is 1. The molecule has 0 aliphatic carbocycles. The molecule has 0 unspecified atom stereocenters. The smallest absolute Gasteiger partial charge is 0.257 e. The van der Waals surface area contributed by atoms with Crippen LogP contribution in [-0.2, 0) is 0 Å². The molecule has 0 bridgehead atoms. The first kappa shape index (κ1) is 6.80. The van der Waals surface area contributed by atoms with Crippen molar-refractivity contribution in [1.29, 1.82) is 0 Å². The van der Waals surface area contributed by atoms with Gasteiger partial charge < -0.3 is 10.5 Å². The van der Waals surface area contributed by atoms with Gasteiger partial charge in [-0.2, -0.15) is 4.39 Å². The fraction of sp³-hybridized carbons (Fsp3) is 0.167. The fourth-order valence-corrected chi connectivity index (χ4v) is 0.638. The Kier molecular flexibility index (Phi) is 1.71. The van der Waals surface area contributed by atoms with Crippen LogP contribution in [0.5, 0.6) is 5.75 Å². The van der Waals surface area contributed by atoms with E-state index in [4.69, 9.17) is 5.73 Å². The Morgan fingerprint density at radius 3 is 2.80 bits per heavy atom. The van der Waals surface area contributed by atoms with Crippen LogP contribution in [-0.4, -0.2) is 12.1 Å². The molecule has 4 heteroatoms. The monoisotopic (exact) mass is 142 g/mol. The Labute approximate surface area is 57.6 Å². The number of nitrogens with two attached hydrogens (primary N) is 1. The predicted octanol–water partition coefficient (Wildman–Crippen LogP) is 0.812. The molecule has 0 spiro atoms. The Morgan fingerprint density at radius 2 is 2.40 bits per heavy atom. The third kappa shape index (κ3) is 1.00. The van der Waals surface area contributed by atoms with Crippen molar-refractivity contribution in [1.82, 2.24) is 4.98 Å². The zero-order valence-electron chi connectivity index (χ0n) is 5.47. The van der Waals surface area contributed by atoms with Crippen molar-refractivity contribution in [2.45, 2.75) is 0 Å². The summed E-state index contributed by atoms with van der Waals surface area (Å²) in [5.74, 6) is -0.676. The van der Waals surface area contributed by atoms with E-state index in [9.17, 15) is 4.39 Å². The van der Waals surface area contributed by atoms with E-state index in [1.165, 1.54) is 19.4 Å². The molecule has 1 aromatic heterocycles. The highest BCUT2D eigenvalue weighted by Crippen LogP contribution is 2.21. The molecular formula is C6H7FN2O. The standard InChI is InChI=1S/C6H7FN2O/c1-10-5-4(8)2-3-9-6(5)7/h2-3H,1H3,(H2,8,9). The molecule has 0 atom stereocenters. The van der Waals surface area contributed by atoms with Crippen molar-refractivity contribution >= 4 is 5.69 Å². The number of nitrogens with zero attached hydrogens (tertiary/aromatic N) is 1. The van der Waals surface area contributed by atoms with Gasteiger partial charge in [0, 0.05) is 6.20 Å². The lowest BCUT2D eigenvalue weighted by atomic mass is 10.4. The molecule has 1 heterocycles. The second-order valence-electron chi connectivity index (χ2n) is 1.72. The summed E-state index contributed by atoms with van der Waals surface area (Å²) in [7, 11) is 1.34. The van der Waals surface area contributed by atoms with E-state index in [1.807, 2.05) is 0 Å². The molecule has 0 aromatic carbocycles. The summed E-state index contributed by atoms with van der Waals surface area (Å²) in [6.45, 7) is 0. The second kappa shape index (κ2) is 2.51. The van der Waals surface area contributed by atoms with Crippen molar-refractivity contribution in [3.63, 3.8) is 0 Å². The molecule has 3 nitrogen and oxygen atoms in total. The van der Waals surface area contributed by atoms with Crippen LogP contribution >= 0.6 is 0 Å². The summed E-state index contributed by atoms with van der Waals surface area (Å²) in [4.78, 5) is 3.34. The van der Waals surface area contributed by atoms with Gasteiger partial charge in [-0.25, -0.2) is 4.98 Å². The molecular weight excluding hydrogens is 135 g/mol. The second-order valence-corrected chi connectivity index (χ2v) is 1.72. The van der Waals surface area contributed by atoms with Gasteiger partial charge in [-0.15, -0.1) is 0 Å². The highest BCUT2D eigenvalue weighted by molar-refractivity contribution is 5.50. The number of ether oxygens (including phenoxy) is 1. The van der Waals surface area contributed by atoms with Crippen molar-refractivity contribution in [2.75, 3.05) is 12.8 Å². The number of pyridine rings is 1. The summed E-state index contributed by atoms with van der Waals surface area (Å²) in [5.41, 5.74) is 5.59. The van der Waals surface area contributed by atoms with Gasteiger partial charge in [-0.1, -0.05) is 0 Å². The van der Waals surface area contributed by atoms with Gasteiger partial charge in [-0.3, -0.25) is 0 Å². The summed E-state index contributed by atoms with van der Waals surface area (Å²) in [6.07, 6.45) is 1.28. The predicted molar refractivity (Wildman–Crippen MR) is 35.2 cm³/mol. The van der Waals surface area contributed by atoms with E-state index in [0.717, 1.165) is 0 Å². The lowest BCUT2D eigenvalue weighted by Gasteiger charge is -2.02. The summed E-state index contributed by atoms with van der Waals surface area (Å²) in [6, 6.07) is 1.47. The molecule has 1 aromatic rings. The fourth-order valence-electron chi connectivity index (χ4n) is 0.638. The molecule has 0 fully saturated rings. The van der Waals surface area contributed by atoms with Crippen LogP contribution in [0.2, 0.25) is 0 Å². The quantitative estimate of drug-likeness (QED) is 0.590. The topological polar surface area (TPSA) is 48.1 Å². The molecule has 2 N–H and O–H groups in total. The number of hydrogen-bond donors (Lipinski definition) is 1. The molecule has 0 radical (unpaired) electrons. The Balaban J connectivity index is 3.17. The highest BCUT2D eigenvalue weighted by Gasteiger charge is 2.05. The summed E-state index contributed by atoms with van der Waals surface area (Å²) >= 11 is 0. The SMILES string of the molecule is COc1c(N)ccnc1F. The maximum atomic E-state index is 12.5. The number of methoxy groups -OCH3 is 1. The van der Waals surface area contributed by atoms with Crippen molar-refractivity contribution in [2.24, 2.45) is 0 Å². The van der Waals surface area contributed by atoms with E-state index < -0.39 is 5.95 Å². The van der Waals surface area contributed by atoms with Crippen LogP contribution in [0.3, 0.4) is 0 Å². The minimum atomic E-state index is -0.678. The lowest BCUT2D eigenvalue weighted by molar-refractivity contribution is 0.380. The van der Waals surface area contributed by atoms with Crippen LogP contribution in [0, 0.1) is 5.95 Å². The normalized spacial score (nSPS) is 9.40. The largest absolute Gasteiger partial charge is 0.490 e. The van der Waals surface area contributed by atoms with Gasteiger partial charge in [0.25, 0.3) is 5.95 Å². The molecule has 0 aliphatic heterocycles. The zero-order chi connectivity index (χ0) is 7.56. The van der Waals surface area contributed by atoms with Crippen LogP contribution in [0.4, 0.5) is 10.1 Å². The maximum absolute atomic E-state index is 12.5. The first-order chi connectivity index (χ1) is 4.75. The van der Waals surface area contributed by atoms with E-state index in [1.54, 1.807) is 0 Å². The number of halogens is 1. The third-order valence-electron chi connectivity index (χ3n) is 1.10.